The molecule has 2 aromatic carbocycles. The molecule has 0 aliphatic rings. The number of hydrogen-bond acceptors (Lipinski definition) is 4. The molecule has 2 rings (SSSR count). The molecule has 0 aliphatic heterocycles. The zero-order valence-corrected chi connectivity index (χ0v) is 13.4. The van der Waals surface area contributed by atoms with Crippen molar-refractivity contribution < 1.29 is 23.1 Å². The van der Waals surface area contributed by atoms with Crippen LogP contribution >= 0.6 is 0 Å². The van der Waals surface area contributed by atoms with Gasteiger partial charge >= 0.3 is 5.97 Å². The summed E-state index contributed by atoms with van der Waals surface area (Å²) in [5, 5.41) is 11.2. The van der Waals surface area contributed by atoms with E-state index in [-0.39, 0.29) is 23.8 Å². The predicted octanol–water partition coefficient (Wildman–Crippen LogP) is 1.69. The van der Waals surface area contributed by atoms with Gasteiger partial charge in [-0.2, -0.15) is 0 Å². The molecule has 0 fully saturated rings. The summed E-state index contributed by atoms with van der Waals surface area (Å²) in [6, 6.07) is 14.2. The van der Waals surface area contributed by atoms with Crippen molar-refractivity contribution in [2.24, 2.45) is 0 Å². The lowest BCUT2D eigenvalue weighted by Gasteiger charge is -2.08. The van der Waals surface area contributed by atoms with Crippen molar-refractivity contribution in [3.05, 3.63) is 60.2 Å². The lowest BCUT2D eigenvalue weighted by Crippen LogP contribution is -2.26. The number of carbonyl (C=O) groups excluding carboxylic acids is 1. The molecule has 0 saturated carbocycles. The lowest BCUT2D eigenvalue weighted by atomic mass is 10.2. The number of aliphatic carboxylic acids is 1. The predicted molar refractivity (Wildman–Crippen MR) is 88.3 cm³/mol. The second-order valence-corrected chi connectivity index (χ2v) is 6.65. The maximum Gasteiger partial charge on any atom is 0.304 e. The average molecular weight is 348 g/mol. The first-order valence-electron chi connectivity index (χ1n) is 7.06. The van der Waals surface area contributed by atoms with Gasteiger partial charge in [-0.15, -0.1) is 0 Å². The Bertz CT molecular complexity index is 817. The van der Waals surface area contributed by atoms with Crippen LogP contribution in [0.5, 0.6) is 0 Å². The van der Waals surface area contributed by atoms with Gasteiger partial charge in [-0.25, -0.2) is 13.1 Å². The van der Waals surface area contributed by atoms with E-state index in [9.17, 15) is 18.0 Å². The second kappa shape index (κ2) is 7.71. The molecule has 0 spiro atoms. The molecule has 3 N–H and O–H groups in total. The van der Waals surface area contributed by atoms with Crippen molar-refractivity contribution in [1.82, 2.24) is 4.72 Å². The van der Waals surface area contributed by atoms with E-state index < -0.39 is 16.0 Å². The van der Waals surface area contributed by atoms with Gasteiger partial charge in [0.15, 0.2) is 0 Å². The fraction of sp³-hybridized carbons (Fsp3) is 0.125. The van der Waals surface area contributed by atoms with Crippen molar-refractivity contribution in [1.29, 1.82) is 0 Å². The summed E-state index contributed by atoms with van der Waals surface area (Å²) >= 11 is 0. The van der Waals surface area contributed by atoms with Crippen LogP contribution in [0.1, 0.15) is 16.8 Å². The molecule has 0 aromatic heterocycles. The standard InChI is InChI=1S/C16H16N2O5S/c19-15(20)10-11-17-24(22,23)14-8-6-13(7-9-14)18-16(21)12-4-2-1-3-5-12/h1-9,17H,10-11H2,(H,18,21)(H,19,20). The van der Waals surface area contributed by atoms with E-state index in [1.54, 1.807) is 30.3 Å². The van der Waals surface area contributed by atoms with Crippen molar-refractivity contribution >= 4 is 27.6 Å². The highest BCUT2D eigenvalue weighted by Gasteiger charge is 2.14. The van der Waals surface area contributed by atoms with Gasteiger partial charge in [0.25, 0.3) is 5.91 Å². The molecule has 0 bridgehead atoms. The first kappa shape index (κ1) is 17.6. The third-order valence-corrected chi connectivity index (χ3v) is 4.57. The number of hydrogen-bond donors (Lipinski definition) is 3. The monoisotopic (exact) mass is 348 g/mol. The third-order valence-electron chi connectivity index (χ3n) is 3.09. The van der Waals surface area contributed by atoms with Crippen molar-refractivity contribution in [3.63, 3.8) is 0 Å². The number of benzene rings is 2. The molecule has 0 radical (unpaired) electrons. The summed E-state index contributed by atoms with van der Waals surface area (Å²) in [4.78, 5) is 22.4. The molecular weight excluding hydrogens is 332 g/mol. The summed E-state index contributed by atoms with van der Waals surface area (Å²) in [5.74, 6) is -1.39. The summed E-state index contributed by atoms with van der Waals surface area (Å²) in [6.07, 6.45) is -0.301. The largest absolute Gasteiger partial charge is 0.481 e. The topological polar surface area (TPSA) is 113 Å². The number of sulfonamides is 1. The Morgan fingerprint density at radius 1 is 0.958 bits per heavy atom. The Kier molecular flexibility index (Phi) is 5.67. The minimum atomic E-state index is -3.78. The summed E-state index contributed by atoms with van der Waals surface area (Å²) < 4.78 is 26.2. The van der Waals surface area contributed by atoms with Crippen LogP contribution in [-0.4, -0.2) is 31.9 Å². The Hall–Kier alpha value is -2.71. The fourth-order valence-electron chi connectivity index (χ4n) is 1.89. The maximum atomic E-state index is 12.0. The number of carboxylic acids is 1. The van der Waals surface area contributed by atoms with Gasteiger partial charge in [0.1, 0.15) is 0 Å². The number of rotatable bonds is 7. The molecular formula is C16H16N2O5S. The van der Waals surface area contributed by atoms with Gasteiger partial charge in [0.2, 0.25) is 10.0 Å². The summed E-state index contributed by atoms with van der Waals surface area (Å²) in [7, 11) is -3.78. The molecule has 126 valence electrons. The zero-order chi connectivity index (χ0) is 17.6. The van der Waals surface area contributed by atoms with Gasteiger partial charge in [0.05, 0.1) is 11.3 Å². The van der Waals surface area contributed by atoms with Crippen LogP contribution in [0, 0.1) is 0 Å². The minimum absolute atomic E-state index is 0.00870. The number of nitrogens with one attached hydrogen (secondary N) is 2. The van der Waals surface area contributed by atoms with Crippen LogP contribution in [-0.2, 0) is 14.8 Å². The molecule has 0 atom stereocenters. The van der Waals surface area contributed by atoms with Crippen molar-refractivity contribution in [3.8, 4) is 0 Å². The molecule has 0 unspecified atom stereocenters. The van der Waals surface area contributed by atoms with E-state index in [4.69, 9.17) is 5.11 Å². The zero-order valence-electron chi connectivity index (χ0n) is 12.6. The fourth-order valence-corrected chi connectivity index (χ4v) is 2.92. The second-order valence-electron chi connectivity index (χ2n) is 4.89. The van der Waals surface area contributed by atoms with Crippen molar-refractivity contribution in [2.75, 3.05) is 11.9 Å². The van der Waals surface area contributed by atoms with E-state index in [0.29, 0.717) is 11.3 Å². The van der Waals surface area contributed by atoms with Crippen LogP contribution in [0.4, 0.5) is 5.69 Å². The van der Waals surface area contributed by atoms with Crippen LogP contribution in [0.25, 0.3) is 0 Å². The van der Waals surface area contributed by atoms with E-state index in [2.05, 4.69) is 10.0 Å². The first-order chi connectivity index (χ1) is 11.4. The van der Waals surface area contributed by atoms with Gasteiger partial charge in [0, 0.05) is 17.8 Å². The Labute approximate surface area is 139 Å². The Balaban J connectivity index is 2.02. The Morgan fingerprint density at radius 3 is 2.17 bits per heavy atom. The number of carboxylic acid groups (broad SMARTS) is 1. The number of carbonyl (C=O) groups is 2. The van der Waals surface area contributed by atoms with Crippen LogP contribution in [0.15, 0.2) is 59.5 Å². The van der Waals surface area contributed by atoms with Gasteiger partial charge < -0.3 is 10.4 Å². The SMILES string of the molecule is O=C(O)CCNS(=O)(=O)c1ccc(NC(=O)c2ccccc2)cc1. The van der Waals surface area contributed by atoms with Crippen molar-refractivity contribution in [2.45, 2.75) is 11.3 Å². The lowest BCUT2D eigenvalue weighted by molar-refractivity contribution is -0.136. The maximum absolute atomic E-state index is 12.0. The number of anilines is 1. The van der Waals surface area contributed by atoms with E-state index in [1.165, 1.54) is 24.3 Å². The minimum Gasteiger partial charge on any atom is -0.481 e. The summed E-state index contributed by atoms with van der Waals surface area (Å²) in [6.45, 7) is -0.190. The highest BCUT2D eigenvalue weighted by atomic mass is 32.2. The van der Waals surface area contributed by atoms with Crippen LogP contribution < -0.4 is 10.0 Å². The summed E-state index contributed by atoms with van der Waals surface area (Å²) in [5.41, 5.74) is 0.942. The third kappa shape index (κ3) is 4.90. The van der Waals surface area contributed by atoms with E-state index in [0.717, 1.165) is 0 Å². The van der Waals surface area contributed by atoms with Gasteiger partial charge in [-0.05, 0) is 36.4 Å². The quantitative estimate of drug-likeness (QED) is 0.705. The van der Waals surface area contributed by atoms with Gasteiger partial charge in [-0.1, -0.05) is 18.2 Å². The Morgan fingerprint density at radius 2 is 1.58 bits per heavy atom. The molecule has 2 aromatic rings. The molecule has 0 heterocycles. The van der Waals surface area contributed by atoms with Crippen LogP contribution in [0.2, 0.25) is 0 Å². The number of amides is 1. The molecule has 7 nitrogen and oxygen atoms in total. The van der Waals surface area contributed by atoms with Gasteiger partial charge in [-0.3, -0.25) is 9.59 Å². The molecule has 0 aliphatic carbocycles. The molecule has 24 heavy (non-hydrogen) atoms. The molecule has 0 saturated heterocycles. The van der Waals surface area contributed by atoms with Crippen LogP contribution in [0.3, 0.4) is 0 Å². The first-order valence-corrected chi connectivity index (χ1v) is 8.55. The molecule has 1 amide bonds. The normalized spacial score (nSPS) is 11.0. The van der Waals surface area contributed by atoms with E-state index in [1.807, 2.05) is 0 Å². The van der Waals surface area contributed by atoms with E-state index >= 15 is 0 Å². The molecule has 8 heteroatoms. The smallest absolute Gasteiger partial charge is 0.304 e. The average Bonchev–Trinajstić information content (AvgIpc) is 2.55. The highest BCUT2D eigenvalue weighted by Crippen LogP contribution is 2.15. The highest BCUT2D eigenvalue weighted by molar-refractivity contribution is 7.89.